The summed E-state index contributed by atoms with van der Waals surface area (Å²) in [6, 6.07) is 11.1. The van der Waals surface area contributed by atoms with Crippen LogP contribution < -0.4 is 0 Å². The summed E-state index contributed by atoms with van der Waals surface area (Å²) in [4.78, 5) is 2.87. The Balaban J connectivity index is 2.13. The van der Waals surface area contributed by atoms with E-state index in [1.54, 1.807) is 30.3 Å². The van der Waals surface area contributed by atoms with Crippen LogP contribution in [0.25, 0.3) is 22.7 Å². The number of hydrogen-bond donors (Lipinski definition) is 2. The van der Waals surface area contributed by atoms with Crippen molar-refractivity contribution in [3.63, 3.8) is 0 Å². The van der Waals surface area contributed by atoms with Crippen molar-refractivity contribution in [1.82, 2.24) is 0 Å². The SMILES string of the molecule is [N-]=[N+]=C1C=Cc2c(-c3ccc(S(=O)(=O)O)cc3)cccc2C1O. The van der Waals surface area contributed by atoms with E-state index in [2.05, 4.69) is 4.79 Å². The fourth-order valence-electron chi connectivity index (χ4n) is 2.57. The summed E-state index contributed by atoms with van der Waals surface area (Å²) >= 11 is 0. The molecule has 2 N–H and O–H groups in total. The molecule has 7 heteroatoms. The molecule has 2 aromatic carbocycles. The highest BCUT2D eigenvalue weighted by Gasteiger charge is 2.27. The highest BCUT2D eigenvalue weighted by Crippen LogP contribution is 2.34. The van der Waals surface area contributed by atoms with E-state index in [4.69, 9.17) is 10.1 Å². The maximum absolute atomic E-state index is 11.1. The van der Waals surface area contributed by atoms with Gasteiger partial charge in [-0.05, 0) is 34.9 Å². The van der Waals surface area contributed by atoms with Crippen LogP contribution in [0.5, 0.6) is 0 Å². The van der Waals surface area contributed by atoms with Crippen LogP contribution in [0.4, 0.5) is 0 Å². The Kier molecular flexibility index (Phi) is 3.71. The second-order valence-electron chi connectivity index (χ2n) is 5.07. The molecule has 0 saturated carbocycles. The lowest BCUT2D eigenvalue weighted by atomic mass is 9.88. The minimum absolute atomic E-state index is 0.149. The van der Waals surface area contributed by atoms with Gasteiger partial charge in [0.2, 0.25) is 0 Å². The first-order valence-corrected chi connectivity index (χ1v) is 8.15. The van der Waals surface area contributed by atoms with Gasteiger partial charge in [0.05, 0.1) is 4.90 Å². The van der Waals surface area contributed by atoms with Crippen molar-refractivity contribution in [2.24, 2.45) is 0 Å². The van der Waals surface area contributed by atoms with Gasteiger partial charge in [-0.1, -0.05) is 30.3 Å². The largest absolute Gasteiger partial charge is 0.376 e. The number of aliphatic hydroxyl groups excluding tert-OH is 1. The van der Waals surface area contributed by atoms with Gasteiger partial charge in [-0.15, -0.1) is 0 Å². The van der Waals surface area contributed by atoms with Crippen molar-refractivity contribution < 1.29 is 22.9 Å². The summed E-state index contributed by atoms with van der Waals surface area (Å²) in [7, 11) is -4.24. The first-order chi connectivity index (χ1) is 10.9. The van der Waals surface area contributed by atoms with Crippen molar-refractivity contribution >= 4 is 21.9 Å². The molecule has 0 amide bonds. The van der Waals surface area contributed by atoms with E-state index >= 15 is 0 Å². The second-order valence-corrected chi connectivity index (χ2v) is 6.49. The zero-order chi connectivity index (χ0) is 16.6. The van der Waals surface area contributed by atoms with E-state index in [0.717, 1.165) is 16.7 Å². The molecule has 0 aliphatic heterocycles. The third-order valence-corrected chi connectivity index (χ3v) is 4.58. The molecule has 2 aromatic rings. The number of hydrogen-bond acceptors (Lipinski definition) is 3. The van der Waals surface area contributed by atoms with Gasteiger partial charge >= 0.3 is 5.71 Å². The lowest BCUT2D eigenvalue weighted by Crippen LogP contribution is -2.15. The normalized spacial score (nSPS) is 16.8. The number of aliphatic hydroxyl groups is 1. The Morgan fingerprint density at radius 1 is 1.04 bits per heavy atom. The Morgan fingerprint density at radius 2 is 1.74 bits per heavy atom. The molecule has 1 aliphatic carbocycles. The molecule has 1 aliphatic rings. The van der Waals surface area contributed by atoms with Crippen molar-refractivity contribution in [3.8, 4) is 11.1 Å². The molecule has 0 bridgehead atoms. The van der Waals surface area contributed by atoms with Crippen LogP contribution in [0.15, 0.2) is 53.4 Å². The molecule has 116 valence electrons. The summed E-state index contributed by atoms with van der Waals surface area (Å²) in [5.74, 6) is 0. The van der Waals surface area contributed by atoms with E-state index in [0.29, 0.717) is 5.56 Å². The fraction of sp³-hybridized carbons (Fsp3) is 0.0625. The van der Waals surface area contributed by atoms with Crippen LogP contribution >= 0.6 is 0 Å². The first kappa shape index (κ1) is 15.3. The minimum atomic E-state index is -4.24. The van der Waals surface area contributed by atoms with Crippen molar-refractivity contribution in [3.05, 3.63) is 65.2 Å². The summed E-state index contributed by atoms with van der Waals surface area (Å²) in [6.45, 7) is 0. The van der Waals surface area contributed by atoms with Crippen molar-refractivity contribution in [2.45, 2.75) is 11.0 Å². The molecule has 1 atom stereocenters. The zero-order valence-corrected chi connectivity index (χ0v) is 12.6. The lowest BCUT2D eigenvalue weighted by Gasteiger charge is -2.17. The monoisotopic (exact) mass is 328 g/mol. The van der Waals surface area contributed by atoms with Crippen LogP contribution in [-0.4, -0.2) is 28.6 Å². The van der Waals surface area contributed by atoms with Gasteiger partial charge in [-0.3, -0.25) is 4.55 Å². The highest BCUT2D eigenvalue weighted by molar-refractivity contribution is 7.85. The topological polar surface area (TPSA) is 111 Å². The third kappa shape index (κ3) is 2.74. The summed E-state index contributed by atoms with van der Waals surface area (Å²) in [6.07, 6.45) is 2.21. The van der Waals surface area contributed by atoms with Gasteiger partial charge in [0.15, 0.2) is 6.10 Å². The highest BCUT2D eigenvalue weighted by atomic mass is 32.2. The van der Waals surface area contributed by atoms with Crippen LogP contribution in [0.3, 0.4) is 0 Å². The van der Waals surface area contributed by atoms with Crippen LogP contribution in [0.1, 0.15) is 17.2 Å². The molecule has 0 radical (unpaired) electrons. The predicted octanol–water partition coefficient (Wildman–Crippen LogP) is 2.33. The van der Waals surface area contributed by atoms with Crippen LogP contribution in [0, 0.1) is 0 Å². The molecular formula is C16H12N2O4S. The third-order valence-electron chi connectivity index (χ3n) is 3.71. The van der Waals surface area contributed by atoms with Gasteiger partial charge in [-0.25, -0.2) is 0 Å². The summed E-state index contributed by atoms with van der Waals surface area (Å²) < 4.78 is 31.2. The van der Waals surface area contributed by atoms with Gasteiger partial charge in [0, 0.05) is 11.6 Å². The lowest BCUT2D eigenvalue weighted by molar-refractivity contribution is -0.0188. The Bertz CT molecular complexity index is 956. The van der Waals surface area contributed by atoms with Gasteiger partial charge in [0.25, 0.3) is 10.1 Å². The first-order valence-electron chi connectivity index (χ1n) is 6.71. The van der Waals surface area contributed by atoms with Crippen LogP contribution in [0.2, 0.25) is 0 Å². The average Bonchev–Trinajstić information content (AvgIpc) is 2.54. The molecule has 0 aromatic heterocycles. The summed E-state index contributed by atoms with van der Waals surface area (Å²) in [5, 5.41) is 10.2. The maximum Gasteiger partial charge on any atom is 0.324 e. The Labute approximate surface area is 132 Å². The minimum Gasteiger partial charge on any atom is -0.376 e. The Hall–Kier alpha value is -2.57. The molecule has 1 unspecified atom stereocenters. The number of rotatable bonds is 2. The number of nitrogens with zero attached hydrogens (tertiary/aromatic N) is 2. The molecular weight excluding hydrogens is 316 g/mol. The molecule has 0 heterocycles. The van der Waals surface area contributed by atoms with Crippen molar-refractivity contribution in [2.75, 3.05) is 0 Å². The quantitative estimate of drug-likeness (QED) is 0.500. The second kappa shape index (κ2) is 5.57. The van der Waals surface area contributed by atoms with Crippen LogP contribution in [-0.2, 0) is 10.1 Å². The Morgan fingerprint density at radius 3 is 2.35 bits per heavy atom. The average molecular weight is 328 g/mol. The zero-order valence-electron chi connectivity index (χ0n) is 11.8. The van der Waals surface area contributed by atoms with Gasteiger partial charge in [0.1, 0.15) is 0 Å². The van der Waals surface area contributed by atoms with E-state index in [1.807, 2.05) is 6.07 Å². The van der Waals surface area contributed by atoms with E-state index < -0.39 is 16.2 Å². The molecule has 0 saturated heterocycles. The number of benzene rings is 2. The number of fused-ring (bicyclic) bond motifs is 1. The fourth-order valence-corrected chi connectivity index (χ4v) is 3.05. The molecule has 0 fully saturated rings. The van der Waals surface area contributed by atoms with E-state index in [1.165, 1.54) is 18.2 Å². The molecule has 0 spiro atoms. The molecule has 23 heavy (non-hydrogen) atoms. The predicted molar refractivity (Wildman–Crippen MR) is 84.3 cm³/mol. The standard InChI is InChI=1S/C16H12N2O4S/c17-18-15-9-8-13-12(2-1-3-14(13)16(15)19)10-4-6-11(7-5-10)23(20,21)22/h1-9,16,19H,(H,20,21,22). The van der Waals surface area contributed by atoms with Gasteiger partial charge < -0.3 is 10.6 Å². The molecule has 6 nitrogen and oxygen atoms in total. The summed E-state index contributed by atoms with van der Waals surface area (Å²) in [5.41, 5.74) is 11.9. The van der Waals surface area contributed by atoms with Gasteiger partial charge in [-0.2, -0.15) is 13.2 Å². The van der Waals surface area contributed by atoms with Crippen molar-refractivity contribution in [1.29, 1.82) is 0 Å². The molecule has 3 rings (SSSR count). The van der Waals surface area contributed by atoms with E-state index in [9.17, 15) is 13.5 Å². The smallest absolute Gasteiger partial charge is 0.324 e. The maximum atomic E-state index is 11.1. The van der Waals surface area contributed by atoms with E-state index in [-0.39, 0.29) is 10.6 Å².